The predicted octanol–water partition coefficient (Wildman–Crippen LogP) is 1.66. The van der Waals surface area contributed by atoms with Gasteiger partial charge in [0.1, 0.15) is 0 Å². The average molecular weight is 120 g/mol. The Morgan fingerprint density at radius 1 is 1.57 bits per heavy atom. The molecule has 0 aliphatic carbocycles. The third-order valence-electron chi connectivity index (χ3n) is 1.08. The number of nitrogens with zero attached hydrogens (tertiary/aromatic N) is 1. The fraction of sp³-hybridized carbons (Fsp3) is 0.800. The zero-order valence-electron chi connectivity index (χ0n) is 4.48. The minimum absolute atomic E-state index is 0. The van der Waals surface area contributed by atoms with E-state index in [4.69, 9.17) is 0 Å². The minimum Gasteiger partial charge on any atom is -0.294 e. The first-order chi connectivity index (χ1) is 2.89. The Morgan fingerprint density at radius 3 is 2.43 bits per heavy atom. The molecule has 0 aromatic carbocycles. The number of halogens is 1. The van der Waals surface area contributed by atoms with E-state index in [1.165, 1.54) is 18.6 Å². The molecule has 0 atom stereocenters. The van der Waals surface area contributed by atoms with Gasteiger partial charge in [0.2, 0.25) is 0 Å². The van der Waals surface area contributed by atoms with Crippen LogP contribution >= 0.6 is 12.4 Å². The Labute approximate surface area is 50.2 Å². The molecule has 1 aliphatic rings. The van der Waals surface area contributed by atoms with E-state index in [0.29, 0.717) is 0 Å². The highest BCUT2D eigenvalue weighted by Crippen LogP contribution is 2.00. The van der Waals surface area contributed by atoms with Crippen molar-refractivity contribution >= 4 is 18.1 Å². The second-order valence-electron chi connectivity index (χ2n) is 1.72. The van der Waals surface area contributed by atoms with E-state index in [1.807, 2.05) is 0 Å². The van der Waals surface area contributed by atoms with Gasteiger partial charge in [0.15, 0.2) is 0 Å². The Bertz CT molecular complexity index is 78.1. The van der Waals surface area contributed by atoms with Crippen LogP contribution < -0.4 is 0 Å². The standard InChI is InChI=1S/C5H9N.ClH/c1-5-3-2-4-6-5;/h2-4H2,1H3;1H. The predicted molar refractivity (Wildman–Crippen MR) is 34.5 cm³/mol. The summed E-state index contributed by atoms with van der Waals surface area (Å²) >= 11 is 0. The summed E-state index contributed by atoms with van der Waals surface area (Å²) in [5.74, 6) is 0. The van der Waals surface area contributed by atoms with E-state index in [9.17, 15) is 0 Å². The van der Waals surface area contributed by atoms with Gasteiger partial charge in [-0.25, -0.2) is 0 Å². The highest BCUT2D eigenvalue weighted by Gasteiger charge is 1.96. The van der Waals surface area contributed by atoms with Crippen LogP contribution in [0.1, 0.15) is 19.8 Å². The van der Waals surface area contributed by atoms with Crippen molar-refractivity contribution in [3.8, 4) is 0 Å². The lowest BCUT2D eigenvalue weighted by Gasteiger charge is -1.76. The van der Waals surface area contributed by atoms with Gasteiger partial charge in [-0.2, -0.15) is 0 Å². The van der Waals surface area contributed by atoms with Crippen molar-refractivity contribution in [2.45, 2.75) is 19.8 Å². The monoisotopic (exact) mass is 119 g/mol. The summed E-state index contributed by atoms with van der Waals surface area (Å²) in [4.78, 5) is 4.15. The van der Waals surface area contributed by atoms with Gasteiger partial charge in [0.05, 0.1) is 0 Å². The van der Waals surface area contributed by atoms with Gasteiger partial charge in [0.25, 0.3) is 0 Å². The van der Waals surface area contributed by atoms with E-state index < -0.39 is 0 Å². The molecular weight excluding hydrogens is 110 g/mol. The van der Waals surface area contributed by atoms with Gasteiger partial charge in [-0.1, -0.05) is 0 Å². The van der Waals surface area contributed by atoms with Crippen LogP contribution in [0.15, 0.2) is 4.99 Å². The van der Waals surface area contributed by atoms with Crippen LogP contribution in [0.2, 0.25) is 0 Å². The summed E-state index contributed by atoms with van der Waals surface area (Å²) in [6, 6.07) is 0. The van der Waals surface area contributed by atoms with Crippen LogP contribution in [0.3, 0.4) is 0 Å². The molecule has 0 amide bonds. The lowest BCUT2D eigenvalue weighted by Crippen LogP contribution is -1.77. The summed E-state index contributed by atoms with van der Waals surface area (Å²) in [6.45, 7) is 3.17. The lowest BCUT2D eigenvalue weighted by atomic mass is 10.3. The smallest absolute Gasteiger partial charge is 0.0392 e. The molecule has 0 radical (unpaired) electrons. The second-order valence-corrected chi connectivity index (χ2v) is 1.72. The van der Waals surface area contributed by atoms with Gasteiger partial charge in [-0.3, -0.25) is 4.99 Å². The Hall–Kier alpha value is -0.0400. The maximum atomic E-state index is 4.15. The van der Waals surface area contributed by atoms with Crippen molar-refractivity contribution in [3.05, 3.63) is 0 Å². The first kappa shape index (κ1) is 6.96. The summed E-state index contributed by atoms with van der Waals surface area (Å²) in [5.41, 5.74) is 1.33. The summed E-state index contributed by atoms with van der Waals surface area (Å²) < 4.78 is 0. The third-order valence-corrected chi connectivity index (χ3v) is 1.08. The highest BCUT2D eigenvalue weighted by molar-refractivity contribution is 5.85. The summed E-state index contributed by atoms with van der Waals surface area (Å²) in [5, 5.41) is 0. The zero-order valence-corrected chi connectivity index (χ0v) is 5.29. The van der Waals surface area contributed by atoms with Crippen molar-refractivity contribution in [2.75, 3.05) is 6.54 Å². The molecule has 0 unspecified atom stereocenters. The van der Waals surface area contributed by atoms with Gasteiger partial charge >= 0.3 is 0 Å². The summed E-state index contributed by atoms with van der Waals surface area (Å²) in [7, 11) is 0. The van der Waals surface area contributed by atoms with E-state index in [-0.39, 0.29) is 12.4 Å². The van der Waals surface area contributed by atoms with Crippen molar-refractivity contribution < 1.29 is 0 Å². The normalized spacial score (nSPS) is 18.1. The molecule has 42 valence electrons. The molecule has 0 saturated carbocycles. The SMILES string of the molecule is CC1=NCCC1.Cl. The number of aliphatic imine (C=N–C) groups is 1. The molecule has 1 nitrogen and oxygen atoms in total. The van der Waals surface area contributed by atoms with Crippen molar-refractivity contribution in [3.63, 3.8) is 0 Å². The number of hydrogen-bond donors (Lipinski definition) is 0. The Balaban J connectivity index is 0.000000360. The van der Waals surface area contributed by atoms with Gasteiger partial charge < -0.3 is 0 Å². The molecular formula is C5H10ClN. The molecule has 0 N–H and O–H groups in total. The molecule has 1 heterocycles. The molecule has 2 heteroatoms. The molecule has 0 saturated heterocycles. The molecule has 0 bridgehead atoms. The topological polar surface area (TPSA) is 12.4 Å². The fourth-order valence-electron chi connectivity index (χ4n) is 0.684. The van der Waals surface area contributed by atoms with E-state index >= 15 is 0 Å². The van der Waals surface area contributed by atoms with Crippen LogP contribution in [0.25, 0.3) is 0 Å². The first-order valence-corrected chi connectivity index (χ1v) is 2.39. The van der Waals surface area contributed by atoms with Crippen LogP contribution in [0.5, 0.6) is 0 Å². The summed E-state index contributed by atoms with van der Waals surface area (Å²) in [6.07, 6.45) is 2.52. The number of hydrogen-bond acceptors (Lipinski definition) is 1. The number of rotatable bonds is 0. The minimum atomic E-state index is 0. The highest BCUT2D eigenvalue weighted by atomic mass is 35.5. The zero-order chi connectivity index (χ0) is 4.41. The maximum absolute atomic E-state index is 4.15. The van der Waals surface area contributed by atoms with Crippen LogP contribution in [0.4, 0.5) is 0 Å². The molecule has 0 spiro atoms. The fourth-order valence-corrected chi connectivity index (χ4v) is 0.684. The lowest BCUT2D eigenvalue weighted by molar-refractivity contribution is 0.951. The molecule has 1 aliphatic heterocycles. The molecule has 0 aromatic heterocycles. The van der Waals surface area contributed by atoms with Crippen LogP contribution in [0, 0.1) is 0 Å². The van der Waals surface area contributed by atoms with Crippen LogP contribution in [-0.2, 0) is 0 Å². The maximum Gasteiger partial charge on any atom is 0.0392 e. The Kier molecular flexibility index (Phi) is 3.01. The van der Waals surface area contributed by atoms with Gasteiger partial charge in [-0.05, 0) is 19.8 Å². The molecule has 0 fully saturated rings. The van der Waals surface area contributed by atoms with Crippen molar-refractivity contribution in [1.29, 1.82) is 0 Å². The quantitative estimate of drug-likeness (QED) is 0.460. The largest absolute Gasteiger partial charge is 0.294 e. The van der Waals surface area contributed by atoms with Crippen molar-refractivity contribution in [2.24, 2.45) is 4.99 Å². The van der Waals surface area contributed by atoms with E-state index in [1.54, 1.807) is 0 Å². The van der Waals surface area contributed by atoms with Gasteiger partial charge in [0, 0.05) is 12.3 Å². The molecule has 1 rings (SSSR count). The van der Waals surface area contributed by atoms with Crippen LogP contribution in [-0.4, -0.2) is 12.3 Å². The molecule has 7 heavy (non-hydrogen) atoms. The van der Waals surface area contributed by atoms with E-state index in [0.717, 1.165) is 6.54 Å². The second kappa shape index (κ2) is 3.03. The van der Waals surface area contributed by atoms with E-state index in [2.05, 4.69) is 11.9 Å². The third kappa shape index (κ3) is 1.93. The Morgan fingerprint density at radius 2 is 2.29 bits per heavy atom. The van der Waals surface area contributed by atoms with Gasteiger partial charge in [-0.15, -0.1) is 12.4 Å². The molecule has 0 aromatic rings. The first-order valence-electron chi connectivity index (χ1n) is 2.39. The average Bonchev–Trinajstić information content (AvgIpc) is 1.86. The van der Waals surface area contributed by atoms with Crippen molar-refractivity contribution in [1.82, 2.24) is 0 Å².